The van der Waals surface area contributed by atoms with Crippen LogP contribution in [-0.4, -0.2) is 18.1 Å². The number of fused-ring (bicyclic) bond motifs is 1. The van der Waals surface area contributed by atoms with Gasteiger partial charge in [0.15, 0.2) is 0 Å². The van der Waals surface area contributed by atoms with Crippen molar-refractivity contribution >= 4 is 34.0 Å². The summed E-state index contributed by atoms with van der Waals surface area (Å²) >= 11 is 1.63. The van der Waals surface area contributed by atoms with Crippen LogP contribution in [0, 0.1) is 6.92 Å². The first-order chi connectivity index (χ1) is 11.2. The van der Waals surface area contributed by atoms with Gasteiger partial charge in [0, 0.05) is 18.2 Å². The molecular formula is C18H18ClFN2OS. The van der Waals surface area contributed by atoms with Crippen molar-refractivity contribution in [2.45, 2.75) is 6.92 Å². The highest BCUT2D eigenvalue weighted by atomic mass is 35.5. The molecule has 3 rings (SSSR count). The van der Waals surface area contributed by atoms with Crippen LogP contribution in [0.1, 0.15) is 5.56 Å². The van der Waals surface area contributed by atoms with E-state index in [1.54, 1.807) is 11.3 Å². The zero-order chi connectivity index (χ0) is 16.2. The Bertz CT molecular complexity index is 846. The van der Waals surface area contributed by atoms with Crippen LogP contribution >= 0.6 is 23.7 Å². The molecule has 3 aromatic rings. The molecule has 0 aliphatic rings. The molecule has 0 fully saturated rings. The maximum atomic E-state index is 13.3. The fourth-order valence-corrected chi connectivity index (χ4v) is 3.11. The Labute approximate surface area is 150 Å². The first-order valence-corrected chi connectivity index (χ1v) is 8.12. The molecule has 2 aromatic carbocycles. The summed E-state index contributed by atoms with van der Waals surface area (Å²) in [6, 6.07) is 13.9. The Morgan fingerprint density at radius 1 is 1.25 bits per heavy atom. The van der Waals surface area contributed by atoms with Gasteiger partial charge in [0.1, 0.15) is 23.2 Å². The van der Waals surface area contributed by atoms with Crippen molar-refractivity contribution in [3.8, 4) is 16.3 Å². The minimum absolute atomic E-state index is 0. The largest absolute Gasteiger partial charge is 0.486 e. The Kier molecular flexibility index (Phi) is 6.31. The molecule has 1 aromatic heterocycles. The third-order valence-electron chi connectivity index (χ3n) is 3.37. The van der Waals surface area contributed by atoms with E-state index in [1.165, 1.54) is 11.6 Å². The maximum absolute atomic E-state index is 13.3. The van der Waals surface area contributed by atoms with Gasteiger partial charge in [-0.05, 0) is 25.1 Å². The van der Waals surface area contributed by atoms with Crippen molar-refractivity contribution in [2.75, 3.05) is 13.2 Å². The van der Waals surface area contributed by atoms with Crippen LogP contribution in [0.2, 0.25) is 0 Å². The summed E-state index contributed by atoms with van der Waals surface area (Å²) in [5, 5.41) is 0.964. The summed E-state index contributed by atoms with van der Waals surface area (Å²) in [7, 11) is 0. The molecular weight excluding hydrogens is 347 g/mol. The van der Waals surface area contributed by atoms with Crippen LogP contribution in [-0.2, 0) is 0 Å². The highest BCUT2D eigenvalue weighted by Gasteiger charge is 2.08. The summed E-state index contributed by atoms with van der Waals surface area (Å²) in [4.78, 5) is 4.65. The van der Waals surface area contributed by atoms with Crippen LogP contribution in [0.5, 0.6) is 5.75 Å². The highest BCUT2D eigenvalue weighted by Crippen LogP contribution is 2.32. The zero-order valence-corrected chi connectivity index (χ0v) is 14.8. The lowest BCUT2D eigenvalue weighted by Crippen LogP contribution is -2.01. The van der Waals surface area contributed by atoms with E-state index in [1.807, 2.05) is 18.2 Å². The number of aromatic nitrogens is 1. The number of benzene rings is 2. The van der Waals surface area contributed by atoms with E-state index < -0.39 is 0 Å². The monoisotopic (exact) mass is 364 g/mol. The lowest BCUT2D eigenvalue weighted by molar-refractivity contribution is 0.318. The number of nitrogens with two attached hydrogens (primary N) is 1. The molecule has 0 amide bonds. The molecule has 0 radical (unpaired) electrons. The molecule has 0 saturated heterocycles. The van der Waals surface area contributed by atoms with Gasteiger partial charge in [-0.15, -0.1) is 23.7 Å². The van der Waals surface area contributed by atoms with E-state index in [9.17, 15) is 4.39 Å². The van der Waals surface area contributed by atoms with Gasteiger partial charge >= 0.3 is 0 Å². The maximum Gasteiger partial charge on any atom is 0.139 e. The number of aryl methyl sites for hydroxylation is 1. The molecule has 0 aliphatic heterocycles. The third kappa shape index (κ3) is 4.32. The lowest BCUT2D eigenvalue weighted by Gasteiger charge is -2.03. The van der Waals surface area contributed by atoms with E-state index in [4.69, 9.17) is 10.5 Å². The van der Waals surface area contributed by atoms with Gasteiger partial charge in [-0.1, -0.05) is 29.8 Å². The second-order valence-electron chi connectivity index (χ2n) is 5.19. The van der Waals surface area contributed by atoms with E-state index in [-0.39, 0.29) is 31.4 Å². The third-order valence-corrected chi connectivity index (χ3v) is 4.46. The highest BCUT2D eigenvalue weighted by molar-refractivity contribution is 7.21. The first kappa shape index (κ1) is 18.4. The average molecular weight is 365 g/mol. The molecule has 1 heterocycles. The fourth-order valence-electron chi connectivity index (χ4n) is 2.16. The second kappa shape index (κ2) is 8.24. The first-order valence-electron chi connectivity index (χ1n) is 7.31. The van der Waals surface area contributed by atoms with Crippen LogP contribution in [0.25, 0.3) is 20.8 Å². The molecule has 0 atom stereocenters. The summed E-state index contributed by atoms with van der Waals surface area (Å²) in [6.07, 6.45) is 1.30. The van der Waals surface area contributed by atoms with E-state index >= 15 is 0 Å². The molecule has 0 aliphatic carbocycles. The molecule has 0 bridgehead atoms. The van der Waals surface area contributed by atoms with Gasteiger partial charge in [0.05, 0.1) is 10.2 Å². The zero-order valence-electron chi connectivity index (χ0n) is 13.2. The number of hydrogen-bond donors (Lipinski definition) is 1. The minimum Gasteiger partial charge on any atom is -0.486 e. The molecule has 0 spiro atoms. The lowest BCUT2D eigenvalue weighted by atomic mass is 10.2. The van der Waals surface area contributed by atoms with Crippen LogP contribution in [0.15, 0.2) is 54.4 Å². The predicted octanol–water partition coefficient (Wildman–Crippen LogP) is 4.88. The number of rotatable bonds is 5. The van der Waals surface area contributed by atoms with Gasteiger partial charge in [-0.25, -0.2) is 9.37 Å². The van der Waals surface area contributed by atoms with Crippen molar-refractivity contribution in [2.24, 2.45) is 5.73 Å². The van der Waals surface area contributed by atoms with Crippen molar-refractivity contribution in [3.63, 3.8) is 0 Å². The SMILES string of the molecule is Cc1ccc(-c2nc3cc(OC/C(F)=C/CN)ccc3s2)cc1.Cl. The summed E-state index contributed by atoms with van der Waals surface area (Å²) in [5.74, 6) is 0.227. The Balaban J connectivity index is 0.00000208. The number of hydrogen-bond acceptors (Lipinski definition) is 4. The van der Waals surface area contributed by atoms with Gasteiger partial charge in [0.25, 0.3) is 0 Å². The number of thiazole rings is 1. The van der Waals surface area contributed by atoms with E-state index in [2.05, 4.69) is 36.2 Å². The molecule has 2 N–H and O–H groups in total. The van der Waals surface area contributed by atoms with Gasteiger partial charge in [-0.3, -0.25) is 0 Å². The fraction of sp³-hybridized carbons (Fsp3) is 0.167. The average Bonchev–Trinajstić information content (AvgIpc) is 2.97. The van der Waals surface area contributed by atoms with Crippen LogP contribution < -0.4 is 10.5 Å². The smallest absolute Gasteiger partial charge is 0.139 e. The van der Waals surface area contributed by atoms with Crippen molar-refractivity contribution < 1.29 is 9.13 Å². The molecule has 6 heteroatoms. The molecule has 0 saturated carbocycles. The van der Waals surface area contributed by atoms with E-state index in [0.29, 0.717) is 5.75 Å². The molecule has 0 unspecified atom stereocenters. The van der Waals surface area contributed by atoms with Crippen molar-refractivity contribution in [3.05, 3.63) is 59.9 Å². The molecule has 126 valence electrons. The van der Waals surface area contributed by atoms with Gasteiger partial charge < -0.3 is 10.5 Å². The molecule has 3 nitrogen and oxygen atoms in total. The summed E-state index contributed by atoms with van der Waals surface area (Å²) < 4.78 is 19.8. The predicted molar refractivity (Wildman–Crippen MR) is 101 cm³/mol. The number of ether oxygens (including phenoxy) is 1. The van der Waals surface area contributed by atoms with E-state index in [0.717, 1.165) is 20.8 Å². The summed E-state index contributed by atoms with van der Waals surface area (Å²) in [5.41, 5.74) is 8.43. The molecule has 24 heavy (non-hydrogen) atoms. The number of nitrogens with zero attached hydrogens (tertiary/aromatic N) is 1. The quantitative estimate of drug-likeness (QED) is 0.701. The topological polar surface area (TPSA) is 48.1 Å². The van der Waals surface area contributed by atoms with Crippen molar-refractivity contribution in [1.82, 2.24) is 4.98 Å². The van der Waals surface area contributed by atoms with Crippen LogP contribution in [0.3, 0.4) is 0 Å². The number of halogens is 2. The second-order valence-corrected chi connectivity index (χ2v) is 6.22. The van der Waals surface area contributed by atoms with Gasteiger partial charge in [-0.2, -0.15) is 0 Å². The standard InChI is InChI=1S/C18H17FN2OS.ClH/c1-12-2-4-13(5-3-12)18-21-16-10-15(6-7-17(16)23-18)22-11-14(19)8-9-20;/h2-8,10H,9,11,20H2,1H3;1H/b14-8-;. The van der Waals surface area contributed by atoms with Crippen molar-refractivity contribution in [1.29, 1.82) is 0 Å². The Hall–Kier alpha value is -1.95. The Morgan fingerprint density at radius 3 is 2.71 bits per heavy atom. The Morgan fingerprint density at radius 2 is 2.00 bits per heavy atom. The van der Waals surface area contributed by atoms with Gasteiger partial charge in [0.2, 0.25) is 0 Å². The van der Waals surface area contributed by atoms with Crippen LogP contribution in [0.4, 0.5) is 4.39 Å². The normalized spacial score (nSPS) is 11.4. The summed E-state index contributed by atoms with van der Waals surface area (Å²) in [6.45, 7) is 2.11. The minimum atomic E-state index is -0.369.